The number of ether oxygens (including phenoxy) is 3. The van der Waals surface area contributed by atoms with Gasteiger partial charge in [0.05, 0.1) is 22.1 Å². The zero-order valence-electron chi connectivity index (χ0n) is 19.2. The summed E-state index contributed by atoms with van der Waals surface area (Å²) < 4.78 is 16.3. The highest BCUT2D eigenvalue weighted by Crippen LogP contribution is 2.38. The van der Waals surface area contributed by atoms with E-state index in [4.69, 9.17) is 25.8 Å². The number of cyclic esters (lactones) is 1. The molecule has 0 saturated heterocycles. The molecule has 0 unspecified atom stereocenters. The number of carbonyl (C=O) groups excluding carboxylic acids is 2. The summed E-state index contributed by atoms with van der Waals surface area (Å²) in [4.78, 5) is 39.9. The molecule has 4 rings (SSSR count). The van der Waals surface area contributed by atoms with Gasteiger partial charge in [0.2, 0.25) is 5.90 Å². The van der Waals surface area contributed by atoms with Gasteiger partial charge in [0.1, 0.15) is 0 Å². The van der Waals surface area contributed by atoms with Gasteiger partial charge in [0.15, 0.2) is 17.2 Å². The lowest BCUT2D eigenvalue weighted by atomic mass is 10.1. The quantitative estimate of drug-likeness (QED) is 0.136. The molecule has 3 aromatic carbocycles. The monoisotopic (exact) mass is 506 g/mol. The topological polar surface area (TPSA) is 117 Å². The van der Waals surface area contributed by atoms with Crippen molar-refractivity contribution in [3.05, 3.63) is 104 Å². The molecule has 0 spiro atoms. The molecular weight excluding hydrogens is 488 g/mol. The Morgan fingerprint density at radius 3 is 2.61 bits per heavy atom. The van der Waals surface area contributed by atoms with Crippen LogP contribution >= 0.6 is 11.6 Å². The van der Waals surface area contributed by atoms with Crippen molar-refractivity contribution in [3.63, 3.8) is 0 Å². The number of halogens is 1. The van der Waals surface area contributed by atoms with E-state index in [2.05, 4.69) is 4.99 Å². The number of carbonyl (C=O) groups is 2. The van der Waals surface area contributed by atoms with Crippen LogP contribution in [0.4, 0.5) is 5.69 Å². The molecule has 0 saturated carbocycles. The molecule has 0 radical (unpaired) electrons. The molecule has 3 aromatic rings. The lowest BCUT2D eigenvalue weighted by Crippen LogP contribution is -2.10. The number of hydrogen-bond acceptors (Lipinski definition) is 8. The van der Waals surface area contributed by atoms with Gasteiger partial charge in [-0.15, -0.1) is 0 Å². The molecular formula is C26H19ClN2O7. The minimum absolute atomic E-state index is 0.0410. The van der Waals surface area contributed by atoms with Crippen LogP contribution in [0.1, 0.15) is 34.0 Å². The highest BCUT2D eigenvalue weighted by molar-refractivity contribution is 6.32. The maximum absolute atomic E-state index is 12.5. The van der Waals surface area contributed by atoms with E-state index < -0.39 is 16.9 Å². The molecule has 0 aliphatic carbocycles. The fourth-order valence-corrected chi connectivity index (χ4v) is 3.65. The molecule has 0 fully saturated rings. The number of nitro groups is 1. The number of nitrogens with zero attached hydrogens (tertiary/aromatic N) is 2. The van der Waals surface area contributed by atoms with E-state index >= 15 is 0 Å². The first-order valence-corrected chi connectivity index (χ1v) is 11.2. The third-order valence-corrected chi connectivity index (χ3v) is 5.39. The van der Waals surface area contributed by atoms with Gasteiger partial charge in [0.25, 0.3) is 5.69 Å². The first-order valence-electron chi connectivity index (χ1n) is 10.8. The molecule has 0 N–H and O–H groups in total. The van der Waals surface area contributed by atoms with Gasteiger partial charge >= 0.3 is 11.9 Å². The standard InChI is InChI=1S/C26H19ClN2O7/c1-3-34-22-13-16(11-19(27)23(22)35-25(30)17-7-5-4-6-8-17)12-20-26(31)36-24(28-20)18-10-9-15(2)21(14-18)29(32)33/h4-14H,3H2,1-2H3/b20-12-. The number of esters is 2. The highest BCUT2D eigenvalue weighted by Gasteiger charge is 2.26. The van der Waals surface area contributed by atoms with E-state index in [1.165, 1.54) is 18.2 Å². The zero-order chi connectivity index (χ0) is 25.8. The van der Waals surface area contributed by atoms with Crippen LogP contribution in [0.3, 0.4) is 0 Å². The maximum atomic E-state index is 12.5. The van der Waals surface area contributed by atoms with Gasteiger partial charge in [-0.1, -0.05) is 35.9 Å². The van der Waals surface area contributed by atoms with Gasteiger partial charge in [-0.05, 0) is 55.8 Å². The van der Waals surface area contributed by atoms with Crippen LogP contribution in [0.25, 0.3) is 6.08 Å². The number of rotatable bonds is 7. The summed E-state index contributed by atoms with van der Waals surface area (Å²) in [6.45, 7) is 3.63. The van der Waals surface area contributed by atoms with E-state index in [0.29, 0.717) is 22.3 Å². The summed E-state index contributed by atoms with van der Waals surface area (Å²) in [5, 5.41) is 11.3. The predicted molar refractivity (Wildman–Crippen MR) is 132 cm³/mol. The van der Waals surface area contributed by atoms with E-state index in [9.17, 15) is 19.7 Å². The van der Waals surface area contributed by atoms with E-state index in [-0.39, 0.29) is 40.4 Å². The van der Waals surface area contributed by atoms with Crippen LogP contribution in [0.5, 0.6) is 11.5 Å². The van der Waals surface area contributed by atoms with Gasteiger partial charge in [-0.25, -0.2) is 14.6 Å². The number of hydrogen-bond donors (Lipinski definition) is 0. The molecule has 1 heterocycles. The van der Waals surface area contributed by atoms with Gasteiger partial charge in [-0.2, -0.15) is 0 Å². The zero-order valence-corrected chi connectivity index (χ0v) is 19.9. The smallest absolute Gasteiger partial charge is 0.363 e. The van der Waals surface area contributed by atoms with Crippen LogP contribution < -0.4 is 9.47 Å². The average Bonchev–Trinajstić information content (AvgIpc) is 3.22. The second-order valence-electron chi connectivity index (χ2n) is 7.61. The highest BCUT2D eigenvalue weighted by atomic mass is 35.5. The Bertz CT molecular complexity index is 1430. The number of benzene rings is 3. The molecule has 182 valence electrons. The Balaban J connectivity index is 1.66. The number of nitro benzene ring substituents is 1. The van der Waals surface area contributed by atoms with Crippen molar-refractivity contribution in [2.24, 2.45) is 4.99 Å². The summed E-state index contributed by atoms with van der Waals surface area (Å²) in [7, 11) is 0. The lowest BCUT2D eigenvalue weighted by molar-refractivity contribution is -0.385. The summed E-state index contributed by atoms with van der Waals surface area (Å²) in [5.74, 6) is -1.16. The Morgan fingerprint density at radius 1 is 1.17 bits per heavy atom. The van der Waals surface area contributed by atoms with Crippen molar-refractivity contribution in [1.82, 2.24) is 0 Å². The second kappa shape index (κ2) is 10.4. The summed E-state index contributed by atoms with van der Waals surface area (Å²) in [6, 6.07) is 15.9. The molecule has 10 heteroatoms. The first kappa shape index (κ1) is 24.6. The van der Waals surface area contributed by atoms with E-state index in [0.717, 1.165) is 0 Å². The van der Waals surface area contributed by atoms with E-state index in [1.54, 1.807) is 62.4 Å². The number of aryl methyl sites for hydroxylation is 1. The van der Waals surface area contributed by atoms with E-state index in [1.807, 2.05) is 0 Å². The molecule has 0 aromatic heterocycles. The number of aliphatic imine (C=N–C) groups is 1. The third-order valence-electron chi connectivity index (χ3n) is 5.11. The SMILES string of the molecule is CCOc1cc(/C=C2\N=C(c3ccc(C)c([N+](=O)[O-])c3)OC2=O)cc(Cl)c1OC(=O)c1ccccc1. The van der Waals surface area contributed by atoms with Gasteiger partial charge in [-0.3, -0.25) is 10.1 Å². The molecule has 9 nitrogen and oxygen atoms in total. The first-order chi connectivity index (χ1) is 17.3. The molecule has 1 aliphatic heterocycles. The maximum Gasteiger partial charge on any atom is 0.363 e. The van der Waals surface area contributed by atoms with Crippen molar-refractivity contribution >= 4 is 41.2 Å². The van der Waals surface area contributed by atoms with Gasteiger partial charge < -0.3 is 14.2 Å². The van der Waals surface area contributed by atoms with Crippen LogP contribution in [-0.4, -0.2) is 29.4 Å². The second-order valence-corrected chi connectivity index (χ2v) is 8.02. The van der Waals surface area contributed by atoms with Crippen LogP contribution in [0.2, 0.25) is 5.02 Å². The van der Waals surface area contributed by atoms with Crippen molar-refractivity contribution in [3.8, 4) is 11.5 Å². The van der Waals surface area contributed by atoms with Crippen molar-refractivity contribution in [1.29, 1.82) is 0 Å². The Morgan fingerprint density at radius 2 is 1.92 bits per heavy atom. The molecule has 0 bridgehead atoms. The van der Waals surface area contributed by atoms with Crippen molar-refractivity contribution < 1.29 is 28.7 Å². The Hall–Kier alpha value is -4.50. The van der Waals surface area contributed by atoms with Gasteiger partial charge in [0, 0.05) is 17.2 Å². The summed E-state index contributed by atoms with van der Waals surface area (Å²) >= 11 is 6.41. The molecule has 0 atom stereocenters. The molecule has 1 aliphatic rings. The Labute approximate surface area is 210 Å². The fourth-order valence-electron chi connectivity index (χ4n) is 3.39. The summed E-state index contributed by atoms with van der Waals surface area (Å²) in [6.07, 6.45) is 1.43. The minimum Gasteiger partial charge on any atom is -0.490 e. The fraction of sp³-hybridized carbons (Fsp3) is 0.115. The van der Waals surface area contributed by atoms with Crippen LogP contribution in [-0.2, 0) is 9.53 Å². The van der Waals surface area contributed by atoms with Crippen molar-refractivity contribution in [2.45, 2.75) is 13.8 Å². The summed E-state index contributed by atoms with van der Waals surface area (Å²) in [5.41, 5.74) is 1.39. The minimum atomic E-state index is -0.734. The largest absolute Gasteiger partial charge is 0.490 e. The third kappa shape index (κ3) is 5.26. The molecule has 36 heavy (non-hydrogen) atoms. The van der Waals surface area contributed by atoms with Crippen molar-refractivity contribution in [2.75, 3.05) is 6.61 Å². The Kier molecular flexibility index (Phi) is 7.12. The predicted octanol–water partition coefficient (Wildman–Crippen LogP) is 5.52. The average molecular weight is 507 g/mol. The van der Waals surface area contributed by atoms with Crippen LogP contribution in [0.15, 0.2) is 71.4 Å². The normalized spacial score (nSPS) is 13.8. The molecule has 0 amide bonds. The lowest BCUT2D eigenvalue weighted by Gasteiger charge is -2.13. The van der Waals surface area contributed by atoms with Crippen LogP contribution in [0, 0.1) is 17.0 Å².